The molecule has 0 saturated heterocycles. The maximum absolute atomic E-state index is 3.72. The molecule has 2 nitrogen and oxygen atoms in total. The second-order valence-corrected chi connectivity index (χ2v) is 1.08. The van der Waals surface area contributed by atoms with Gasteiger partial charge >= 0.3 is 0 Å². The van der Waals surface area contributed by atoms with Gasteiger partial charge in [-0.3, -0.25) is 0 Å². The smallest absolute Gasteiger partial charge is 0.290 e. The predicted octanol–water partition coefficient (Wildman–Crippen LogP) is -2.78. The van der Waals surface area contributed by atoms with E-state index in [9.17, 15) is 0 Å². The van der Waals surface area contributed by atoms with Crippen molar-refractivity contribution in [3.63, 3.8) is 0 Å². The zero-order valence-electron chi connectivity index (χ0n) is 3.71. The average molecular weight is 161 g/mol. The molecule has 0 bridgehead atoms. The van der Waals surface area contributed by atoms with E-state index in [1.807, 2.05) is 0 Å². The molecular weight excluding hydrogens is 156 g/mol. The highest BCUT2D eigenvalue weighted by atomic mass is 79.9. The first-order valence-corrected chi connectivity index (χ1v) is 1.68. The Balaban J connectivity index is 0.000000360. The van der Waals surface area contributed by atoms with Gasteiger partial charge in [0.15, 0.2) is 6.20 Å². The van der Waals surface area contributed by atoms with Gasteiger partial charge in [-0.15, -0.1) is 0 Å². The maximum atomic E-state index is 3.72. The molecule has 0 fully saturated rings. The topological polar surface area (TPSA) is 15.4 Å². The van der Waals surface area contributed by atoms with Gasteiger partial charge in [-0.05, 0) is 0 Å². The van der Waals surface area contributed by atoms with E-state index in [0.29, 0.717) is 0 Å². The summed E-state index contributed by atoms with van der Waals surface area (Å²) in [5, 5.41) is 0. The number of halogens is 1. The van der Waals surface area contributed by atoms with Crippen LogP contribution in [0.2, 0.25) is 0 Å². The van der Waals surface area contributed by atoms with Crippen LogP contribution in [0, 0.1) is 0 Å². The summed E-state index contributed by atoms with van der Waals surface area (Å²) in [5.41, 5.74) is 0. The van der Waals surface area contributed by atoms with Gasteiger partial charge in [0.05, 0.1) is 6.72 Å². The molecule has 0 N–H and O–H groups in total. The number of aliphatic imine (C=N–C) groups is 1. The minimum Gasteiger partial charge on any atom is -1.00 e. The Morgan fingerprint density at radius 3 is 2.43 bits per heavy atom. The molecule has 0 aromatic carbocycles. The quantitative estimate of drug-likeness (QED) is 0.341. The third kappa shape index (κ3) is 1.64. The molecular formula is C4H5BrN2. The fourth-order valence-corrected chi connectivity index (χ4v) is 0.287. The second-order valence-electron chi connectivity index (χ2n) is 1.08. The Bertz CT molecular complexity index is 112. The Morgan fingerprint density at radius 2 is 2.29 bits per heavy atom. The fourth-order valence-electron chi connectivity index (χ4n) is 0.287. The minimum atomic E-state index is 0. The molecule has 0 atom stereocenters. The Hall–Kier alpha value is -0.440. The van der Waals surface area contributed by atoms with Gasteiger partial charge in [-0.1, -0.05) is 4.99 Å². The van der Waals surface area contributed by atoms with E-state index in [1.54, 1.807) is 23.3 Å². The van der Waals surface area contributed by atoms with E-state index in [0.717, 1.165) is 0 Å². The van der Waals surface area contributed by atoms with E-state index in [-0.39, 0.29) is 17.0 Å². The summed E-state index contributed by atoms with van der Waals surface area (Å²) in [6.07, 6.45) is 5.10. The third-order valence-electron chi connectivity index (χ3n) is 0.559. The Kier molecular flexibility index (Phi) is 2.52. The van der Waals surface area contributed by atoms with Crippen LogP contribution in [0.3, 0.4) is 0 Å². The van der Waals surface area contributed by atoms with Crippen LogP contribution in [0.1, 0.15) is 0 Å². The molecule has 38 valence electrons. The molecule has 1 heterocycles. The van der Waals surface area contributed by atoms with Gasteiger partial charge in [0.25, 0.3) is 6.34 Å². The monoisotopic (exact) mass is 160 g/mol. The lowest BCUT2D eigenvalue weighted by atomic mass is 10.9. The van der Waals surface area contributed by atoms with Crippen molar-refractivity contribution in [3.8, 4) is 0 Å². The van der Waals surface area contributed by atoms with Crippen molar-refractivity contribution in [1.82, 2.24) is 0 Å². The molecule has 0 saturated carbocycles. The van der Waals surface area contributed by atoms with Crippen molar-refractivity contribution in [2.45, 2.75) is 0 Å². The minimum absolute atomic E-state index is 0. The Morgan fingerprint density at radius 1 is 1.57 bits per heavy atom. The number of rotatable bonds is 0. The number of hydrogen-bond donors (Lipinski definition) is 0. The van der Waals surface area contributed by atoms with E-state index in [1.165, 1.54) is 0 Å². The summed E-state index contributed by atoms with van der Waals surface area (Å²) >= 11 is 0. The van der Waals surface area contributed by atoms with Crippen LogP contribution >= 0.6 is 0 Å². The van der Waals surface area contributed by atoms with Crippen molar-refractivity contribution in [3.05, 3.63) is 12.4 Å². The van der Waals surface area contributed by atoms with Crippen molar-refractivity contribution in [1.29, 1.82) is 0 Å². The van der Waals surface area contributed by atoms with E-state index >= 15 is 0 Å². The first-order chi connectivity index (χ1) is 2.89. The van der Waals surface area contributed by atoms with E-state index in [4.69, 9.17) is 0 Å². The molecule has 0 aliphatic carbocycles. The lowest BCUT2D eigenvalue weighted by Crippen LogP contribution is -3.00. The second kappa shape index (κ2) is 2.69. The third-order valence-corrected chi connectivity index (χ3v) is 0.559. The van der Waals surface area contributed by atoms with Crippen LogP contribution in [0.15, 0.2) is 17.4 Å². The molecule has 0 aromatic rings. The van der Waals surface area contributed by atoms with Crippen molar-refractivity contribution in [2.24, 2.45) is 4.99 Å². The SMILES string of the molecule is C=[N+]1C=CN=C1.[Br-]. The van der Waals surface area contributed by atoms with Crippen LogP contribution in [-0.4, -0.2) is 17.6 Å². The summed E-state index contributed by atoms with van der Waals surface area (Å²) in [5.74, 6) is 0. The molecule has 1 rings (SSSR count). The van der Waals surface area contributed by atoms with Crippen LogP contribution in [0.4, 0.5) is 0 Å². The van der Waals surface area contributed by atoms with Crippen LogP contribution in [0.5, 0.6) is 0 Å². The van der Waals surface area contributed by atoms with Crippen molar-refractivity contribution >= 4 is 13.1 Å². The first kappa shape index (κ1) is 6.56. The van der Waals surface area contributed by atoms with Gasteiger partial charge in [0.1, 0.15) is 6.20 Å². The number of nitrogens with zero attached hydrogens (tertiary/aromatic N) is 2. The van der Waals surface area contributed by atoms with Gasteiger partial charge in [0.2, 0.25) is 0 Å². The summed E-state index contributed by atoms with van der Waals surface area (Å²) in [6, 6.07) is 0. The summed E-state index contributed by atoms with van der Waals surface area (Å²) in [7, 11) is 0. The molecule has 0 radical (unpaired) electrons. The normalized spacial score (nSPS) is 14.6. The van der Waals surface area contributed by atoms with Gasteiger partial charge < -0.3 is 17.0 Å². The lowest BCUT2D eigenvalue weighted by molar-refractivity contribution is -0.297. The van der Waals surface area contributed by atoms with Gasteiger partial charge in [-0.2, -0.15) is 0 Å². The molecule has 1 aliphatic rings. The molecule has 0 aromatic heterocycles. The van der Waals surface area contributed by atoms with Crippen LogP contribution < -0.4 is 17.0 Å². The molecule has 3 heteroatoms. The summed E-state index contributed by atoms with van der Waals surface area (Å²) < 4.78 is 1.64. The zero-order valence-corrected chi connectivity index (χ0v) is 5.30. The van der Waals surface area contributed by atoms with Gasteiger partial charge in [-0.25, -0.2) is 4.58 Å². The lowest BCUT2D eigenvalue weighted by Gasteiger charge is -1.67. The summed E-state index contributed by atoms with van der Waals surface area (Å²) in [6.45, 7) is 3.53. The highest BCUT2D eigenvalue weighted by molar-refractivity contribution is 5.51. The van der Waals surface area contributed by atoms with Crippen molar-refractivity contribution < 1.29 is 21.6 Å². The molecule has 0 spiro atoms. The Labute approximate surface area is 52.7 Å². The van der Waals surface area contributed by atoms with E-state index < -0.39 is 0 Å². The molecule has 0 amide bonds. The standard InChI is InChI=1S/C4H5N2.BrH/c1-6-3-2-5-4-6;/h2-4H,1H2;1H/q+1;/p-1. The zero-order chi connectivity index (χ0) is 4.41. The highest BCUT2D eigenvalue weighted by Crippen LogP contribution is 1.81. The fraction of sp³-hybridized carbons (Fsp3) is 0. The number of hydrogen-bond acceptors (Lipinski definition) is 1. The maximum Gasteiger partial charge on any atom is 0.290 e. The van der Waals surface area contributed by atoms with Crippen LogP contribution in [0.25, 0.3) is 0 Å². The largest absolute Gasteiger partial charge is 1.00 e. The first-order valence-electron chi connectivity index (χ1n) is 1.68. The van der Waals surface area contributed by atoms with Crippen LogP contribution in [-0.2, 0) is 0 Å². The summed E-state index contributed by atoms with van der Waals surface area (Å²) in [4.78, 5) is 3.72. The average Bonchev–Trinajstić information content (AvgIpc) is 1.86. The van der Waals surface area contributed by atoms with Gasteiger partial charge in [0, 0.05) is 0 Å². The van der Waals surface area contributed by atoms with Crippen molar-refractivity contribution in [2.75, 3.05) is 0 Å². The molecule has 7 heavy (non-hydrogen) atoms. The predicted molar refractivity (Wildman–Crippen MR) is 25.0 cm³/mol. The molecule has 0 unspecified atom stereocenters. The molecule has 1 aliphatic heterocycles. The highest BCUT2D eigenvalue weighted by Gasteiger charge is 1.90. The van der Waals surface area contributed by atoms with E-state index in [2.05, 4.69) is 11.7 Å².